The maximum absolute atomic E-state index is 6.53. The van der Waals surface area contributed by atoms with Gasteiger partial charge in [-0.2, -0.15) is 0 Å². The van der Waals surface area contributed by atoms with Crippen LogP contribution < -0.4 is 4.90 Å². The summed E-state index contributed by atoms with van der Waals surface area (Å²) in [5.41, 5.74) is 21.3. The molecule has 0 fully saturated rings. The highest BCUT2D eigenvalue weighted by Gasteiger charge is 2.47. The fourth-order valence-electron chi connectivity index (χ4n) is 11.0. The van der Waals surface area contributed by atoms with Gasteiger partial charge in [0.15, 0.2) is 0 Å². The minimum Gasteiger partial charge on any atom is -0.455 e. The summed E-state index contributed by atoms with van der Waals surface area (Å²) in [5.74, 6) is 0. The molecule has 324 valence electrons. The second kappa shape index (κ2) is 16.7. The number of para-hydroxylation sites is 2. The number of hydrogen-bond acceptors (Lipinski definition) is 2. The minimum atomic E-state index is -0.532. The van der Waals surface area contributed by atoms with Crippen LogP contribution in [0.15, 0.2) is 277 Å². The molecule has 69 heavy (non-hydrogen) atoms. The number of rotatable bonds is 9. The lowest BCUT2D eigenvalue weighted by atomic mass is 9.68. The largest absolute Gasteiger partial charge is 0.455 e. The van der Waals surface area contributed by atoms with Crippen LogP contribution in [0.4, 0.5) is 17.1 Å². The van der Waals surface area contributed by atoms with E-state index < -0.39 is 5.41 Å². The highest BCUT2D eigenvalue weighted by molar-refractivity contribution is 6.09. The fourth-order valence-corrected chi connectivity index (χ4v) is 11.0. The third-order valence-electron chi connectivity index (χ3n) is 14.1. The quantitative estimate of drug-likeness (QED) is 0.144. The van der Waals surface area contributed by atoms with Gasteiger partial charge in [0.1, 0.15) is 11.2 Å². The summed E-state index contributed by atoms with van der Waals surface area (Å²) in [7, 11) is 0. The molecule has 0 amide bonds. The molecular formula is C67H45NO. The summed E-state index contributed by atoms with van der Waals surface area (Å²) in [6, 6.07) is 99.3. The molecule has 0 radical (unpaired) electrons. The SMILES string of the molecule is c1ccc(-c2cc(-c3ccccc3)cc(-c3ccc(N(c4ccc(-c5cccc6c5oc5ccccc56)cc4)c4cccc5c4-c4ccccc4C5(c4ccccc4)c4ccccc4)cc3)c2)cc1. The standard InChI is InChI=1S/C67H45NO/c1-5-19-46(20-6-1)50-43-51(47-21-7-2-8-22-47)45-52(44-50)48-35-39-55(40-36-48)68(56-41-37-49(38-42-56)57-29-17-30-59-58-27-14-16-34-64(58)69-66(57)59)63-33-18-32-62-65(63)60-28-13-15-31-61(60)67(62,53-23-9-3-10-24-53)54-25-11-4-12-26-54/h1-45H. The highest BCUT2D eigenvalue weighted by Crippen LogP contribution is 2.59. The second-order valence-electron chi connectivity index (χ2n) is 18.0. The molecule has 0 bridgehead atoms. The Bertz CT molecular complexity index is 3700. The van der Waals surface area contributed by atoms with E-state index >= 15 is 0 Å². The Morgan fingerprint density at radius 1 is 0.304 bits per heavy atom. The van der Waals surface area contributed by atoms with Crippen LogP contribution >= 0.6 is 0 Å². The van der Waals surface area contributed by atoms with Crippen molar-refractivity contribution in [3.63, 3.8) is 0 Å². The Kier molecular flexibility index (Phi) is 9.77. The molecule has 13 rings (SSSR count). The molecule has 1 heterocycles. The maximum Gasteiger partial charge on any atom is 0.143 e. The molecular weight excluding hydrogens is 835 g/mol. The van der Waals surface area contributed by atoms with Crippen molar-refractivity contribution in [2.45, 2.75) is 5.41 Å². The van der Waals surface area contributed by atoms with Gasteiger partial charge < -0.3 is 9.32 Å². The van der Waals surface area contributed by atoms with Gasteiger partial charge in [0.25, 0.3) is 0 Å². The van der Waals surface area contributed by atoms with E-state index in [9.17, 15) is 0 Å². The average molecular weight is 880 g/mol. The molecule has 0 atom stereocenters. The molecule has 0 N–H and O–H groups in total. The predicted molar refractivity (Wildman–Crippen MR) is 287 cm³/mol. The van der Waals surface area contributed by atoms with Gasteiger partial charge in [-0.15, -0.1) is 0 Å². The van der Waals surface area contributed by atoms with Gasteiger partial charge in [-0.1, -0.05) is 218 Å². The summed E-state index contributed by atoms with van der Waals surface area (Å²) >= 11 is 0. The van der Waals surface area contributed by atoms with Crippen molar-refractivity contribution in [3.05, 3.63) is 295 Å². The number of benzene rings is 11. The van der Waals surface area contributed by atoms with Crippen molar-refractivity contribution < 1.29 is 4.42 Å². The molecule has 0 saturated heterocycles. The summed E-state index contributed by atoms with van der Waals surface area (Å²) in [5, 5.41) is 2.25. The molecule has 0 saturated carbocycles. The van der Waals surface area contributed by atoms with Crippen LogP contribution in [-0.2, 0) is 5.41 Å². The third-order valence-corrected chi connectivity index (χ3v) is 14.1. The first kappa shape index (κ1) is 40.3. The Morgan fingerprint density at radius 3 is 1.36 bits per heavy atom. The molecule has 1 aliphatic carbocycles. The Balaban J connectivity index is 1.00. The Labute approximate surface area is 402 Å². The van der Waals surface area contributed by atoms with Crippen LogP contribution in [0.1, 0.15) is 22.3 Å². The first-order valence-electron chi connectivity index (χ1n) is 23.7. The zero-order valence-electron chi connectivity index (χ0n) is 37.8. The smallest absolute Gasteiger partial charge is 0.143 e. The number of hydrogen-bond donors (Lipinski definition) is 0. The monoisotopic (exact) mass is 879 g/mol. The van der Waals surface area contributed by atoms with Crippen molar-refractivity contribution in [1.29, 1.82) is 0 Å². The van der Waals surface area contributed by atoms with Gasteiger partial charge in [0.05, 0.1) is 11.1 Å². The summed E-state index contributed by atoms with van der Waals surface area (Å²) in [6.45, 7) is 0. The molecule has 1 aromatic heterocycles. The van der Waals surface area contributed by atoms with E-state index in [0.29, 0.717) is 0 Å². The van der Waals surface area contributed by atoms with E-state index in [2.05, 4.69) is 266 Å². The van der Waals surface area contributed by atoms with Crippen molar-refractivity contribution in [2.75, 3.05) is 4.90 Å². The Hall–Kier alpha value is -8.98. The van der Waals surface area contributed by atoms with Crippen LogP contribution in [0.25, 0.3) is 77.6 Å². The minimum absolute atomic E-state index is 0.532. The molecule has 0 spiro atoms. The second-order valence-corrected chi connectivity index (χ2v) is 18.0. The lowest BCUT2D eigenvalue weighted by Gasteiger charge is -2.34. The molecule has 2 heteroatoms. The summed E-state index contributed by atoms with van der Waals surface area (Å²) < 4.78 is 6.53. The lowest BCUT2D eigenvalue weighted by molar-refractivity contribution is 0.670. The number of anilines is 3. The van der Waals surface area contributed by atoms with Crippen LogP contribution in [0.5, 0.6) is 0 Å². The maximum atomic E-state index is 6.53. The van der Waals surface area contributed by atoms with Crippen molar-refractivity contribution >= 4 is 39.0 Å². The van der Waals surface area contributed by atoms with Gasteiger partial charge in [-0.05, 0) is 121 Å². The average Bonchev–Trinajstić information content (AvgIpc) is 3.97. The molecule has 0 unspecified atom stereocenters. The third kappa shape index (κ3) is 6.72. The number of furan rings is 1. The van der Waals surface area contributed by atoms with Crippen molar-refractivity contribution in [2.24, 2.45) is 0 Å². The summed E-state index contributed by atoms with van der Waals surface area (Å²) in [4.78, 5) is 2.45. The van der Waals surface area contributed by atoms with Crippen LogP contribution in [0, 0.1) is 0 Å². The summed E-state index contributed by atoms with van der Waals surface area (Å²) in [6.07, 6.45) is 0. The van der Waals surface area contributed by atoms with Crippen LogP contribution in [-0.4, -0.2) is 0 Å². The molecule has 0 aliphatic heterocycles. The fraction of sp³-hybridized carbons (Fsp3) is 0.0149. The zero-order valence-corrected chi connectivity index (χ0v) is 37.8. The van der Waals surface area contributed by atoms with Gasteiger partial charge in [0, 0.05) is 33.3 Å². The van der Waals surface area contributed by atoms with Crippen molar-refractivity contribution in [1.82, 2.24) is 0 Å². The van der Waals surface area contributed by atoms with E-state index in [1.54, 1.807) is 0 Å². The van der Waals surface area contributed by atoms with E-state index in [1.807, 2.05) is 12.1 Å². The van der Waals surface area contributed by atoms with E-state index in [1.165, 1.54) is 61.2 Å². The number of nitrogens with zero attached hydrogens (tertiary/aromatic N) is 1. The Morgan fingerprint density at radius 2 is 0.754 bits per heavy atom. The first-order chi connectivity index (χ1) is 34.2. The van der Waals surface area contributed by atoms with Crippen LogP contribution in [0.2, 0.25) is 0 Å². The van der Waals surface area contributed by atoms with Crippen molar-refractivity contribution in [3.8, 4) is 55.6 Å². The molecule has 1 aliphatic rings. The van der Waals surface area contributed by atoms with E-state index in [-0.39, 0.29) is 0 Å². The topological polar surface area (TPSA) is 16.4 Å². The van der Waals surface area contributed by atoms with E-state index in [0.717, 1.165) is 55.7 Å². The molecule has 12 aromatic rings. The lowest BCUT2D eigenvalue weighted by Crippen LogP contribution is -2.28. The van der Waals surface area contributed by atoms with Gasteiger partial charge in [-0.3, -0.25) is 0 Å². The predicted octanol–water partition coefficient (Wildman–Crippen LogP) is 18.1. The molecule has 11 aromatic carbocycles. The number of fused-ring (bicyclic) bond motifs is 6. The van der Waals surface area contributed by atoms with Crippen LogP contribution in [0.3, 0.4) is 0 Å². The van der Waals surface area contributed by atoms with Gasteiger partial charge >= 0.3 is 0 Å². The normalized spacial score (nSPS) is 12.5. The highest BCUT2D eigenvalue weighted by atomic mass is 16.3. The zero-order chi connectivity index (χ0) is 45.7. The van der Waals surface area contributed by atoms with E-state index in [4.69, 9.17) is 4.42 Å². The first-order valence-corrected chi connectivity index (χ1v) is 23.7. The van der Waals surface area contributed by atoms with Gasteiger partial charge in [-0.25, -0.2) is 0 Å². The molecule has 2 nitrogen and oxygen atoms in total. The van der Waals surface area contributed by atoms with Gasteiger partial charge in [0.2, 0.25) is 0 Å².